The SMILES string of the molecule is NC(=O)c1cc(-c2ccnc(N)n2)[nH]c1-c1c(F)cccc1F. The molecule has 6 nitrogen and oxygen atoms in total. The van der Waals surface area contributed by atoms with Gasteiger partial charge in [0.25, 0.3) is 5.91 Å². The van der Waals surface area contributed by atoms with Gasteiger partial charge in [-0.3, -0.25) is 4.79 Å². The number of aromatic nitrogens is 3. The Morgan fingerprint density at radius 1 is 1.17 bits per heavy atom. The van der Waals surface area contributed by atoms with Crippen molar-refractivity contribution >= 4 is 11.9 Å². The van der Waals surface area contributed by atoms with Gasteiger partial charge in [-0.25, -0.2) is 18.7 Å². The van der Waals surface area contributed by atoms with Crippen molar-refractivity contribution in [2.24, 2.45) is 5.73 Å². The van der Waals surface area contributed by atoms with Gasteiger partial charge in [0.1, 0.15) is 11.6 Å². The number of H-pyrrole nitrogens is 1. The number of primary amides is 1. The minimum atomic E-state index is -0.827. The molecule has 2 heterocycles. The van der Waals surface area contributed by atoms with Gasteiger partial charge in [0.15, 0.2) is 0 Å². The zero-order valence-corrected chi connectivity index (χ0v) is 11.7. The minimum Gasteiger partial charge on any atom is -0.368 e. The van der Waals surface area contributed by atoms with E-state index in [1.165, 1.54) is 24.4 Å². The van der Waals surface area contributed by atoms with Crippen molar-refractivity contribution in [3.63, 3.8) is 0 Å². The van der Waals surface area contributed by atoms with E-state index in [1.807, 2.05) is 0 Å². The van der Waals surface area contributed by atoms with Crippen LogP contribution in [-0.4, -0.2) is 20.9 Å². The molecule has 0 aliphatic carbocycles. The lowest BCUT2D eigenvalue weighted by atomic mass is 10.1. The molecule has 0 bridgehead atoms. The second kappa shape index (κ2) is 5.48. The first-order valence-electron chi connectivity index (χ1n) is 6.53. The van der Waals surface area contributed by atoms with Crippen LogP contribution in [0.3, 0.4) is 0 Å². The number of halogens is 2. The summed E-state index contributed by atoms with van der Waals surface area (Å²) in [6.45, 7) is 0. The Bertz CT molecular complexity index is 886. The Hall–Kier alpha value is -3.29. The Morgan fingerprint density at radius 3 is 2.48 bits per heavy atom. The summed E-state index contributed by atoms with van der Waals surface area (Å²) in [7, 11) is 0. The van der Waals surface area contributed by atoms with Crippen LogP contribution in [0.25, 0.3) is 22.6 Å². The molecule has 1 amide bonds. The number of carbonyl (C=O) groups excluding carboxylic acids is 1. The van der Waals surface area contributed by atoms with E-state index in [9.17, 15) is 13.6 Å². The summed E-state index contributed by atoms with van der Waals surface area (Å²) in [6, 6.07) is 6.31. The summed E-state index contributed by atoms with van der Waals surface area (Å²) >= 11 is 0. The molecule has 0 fully saturated rings. The molecule has 3 aromatic rings. The van der Waals surface area contributed by atoms with E-state index in [1.54, 1.807) is 0 Å². The van der Waals surface area contributed by atoms with Crippen molar-refractivity contribution in [3.8, 4) is 22.6 Å². The number of benzene rings is 1. The number of nitrogens with one attached hydrogen (secondary N) is 1. The van der Waals surface area contributed by atoms with Gasteiger partial charge in [-0.2, -0.15) is 0 Å². The van der Waals surface area contributed by atoms with Crippen LogP contribution in [0.2, 0.25) is 0 Å². The lowest BCUT2D eigenvalue weighted by molar-refractivity contribution is 0.100. The molecule has 0 aliphatic heterocycles. The molecule has 0 spiro atoms. The summed E-state index contributed by atoms with van der Waals surface area (Å²) in [5, 5.41) is 0. The molecule has 0 aliphatic rings. The van der Waals surface area contributed by atoms with Crippen molar-refractivity contribution in [1.29, 1.82) is 0 Å². The molecule has 3 rings (SSSR count). The molecule has 2 aromatic heterocycles. The highest BCUT2D eigenvalue weighted by molar-refractivity contribution is 6.00. The fourth-order valence-corrected chi connectivity index (χ4v) is 2.24. The summed E-state index contributed by atoms with van der Waals surface area (Å²) in [6.07, 6.45) is 1.42. The van der Waals surface area contributed by atoms with Crippen LogP contribution in [0.5, 0.6) is 0 Å². The number of carbonyl (C=O) groups is 1. The second-order valence-corrected chi connectivity index (χ2v) is 4.73. The fourth-order valence-electron chi connectivity index (χ4n) is 2.24. The molecule has 23 heavy (non-hydrogen) atoms. The Labute approximate surface area is 129 Å². The lowest BCUT2D eigenvalue weighted by Crippen LogP contribution is -2.11. The summed E-state index contributed by atoms with van der Waals surface area (Å²) in [5.41, 5.74) is 11.1. The van der Waals surface area contributed by atoms with Gasteiger partial charge < -0.3 is 16.5 Å². The van der Waals surface area contributed by atoms with Crippen LogP contribution in [0.4, 0.5) is 14.7 Å². The summed E-state index contributed by atoms with van der Waals surface area (Å²) in [4.78, 5) is 22.2. The van der Waals surface area contributed by atoms with Gasteiger partial charge in [-0.15, -0.1) is 0 Å². The fraction of sp³-hybridized carbons (Fsp3) is 0. The number of nitrogens with two attached hydrogens (primary N) is 2. The van der Waals surface area contributed by atoms with E-state index in [0.717, 1.165) is 12.1 Å². The highest BCUT2D eigenvalue weighted by Gasteiger charge is 2.21. The minimum absolute atomic E-state index is 0.0244. The number of anilines is 1. The number of hydrogen-bond donors (Lipinski definition) is 3. The number of amides is 1. The predicted molar refractivity (Wildman–Crippen MR) is 80.1 cm³/mol. The first-order valence-corrected chi connectivity index (χ1v) is 6.53. The van der Waals surface area contributed by atoms with E-state index in [4.69, 9.17) is 11.5 Å². The number of nitrogens with zero attached hydrogens (tertiary/aromatic N) is 2. The van der Waals surface area contributed by atoms with E-state index in [0.29, 0.717) is 11.4 Å². The number of rotatable bonds is 3. The first-order chi connectivity index (χ1) is 11.0. The van der Waals surface area contributed by atoms with E-state index in [2.05, 4.69) is 15.0 Å². The average molecular weight is 315 g/mol. The zero-order valence-electron chi connectivity index (χ0n) is 11.7. The molecule has 8 heteroatoms. The van der Waals surface area contributed by atoms with Crippen molar-refractivity contribution < 1.29 is 13.6 Å². The summed E-state index contributed by atoms with van der Waals surface area (Å²) in [5.74, 6) is -2.44. The molecule has 0 atom stereocenters. The largest absolute Gasteiger partial charge is 0.368 e. The maximum Gasteiger partial charge on any atom is 0.250 e. The maximum absolute atomic E-state index is 14.0. The van der Waals surface area contributed by atoms with Gasteiger partial charge >= 0.3 is 0 Å². The van der Waals surface area contributed by atoms with E-state index < -0.39 is 17.5 Å². The van der Waals surface area contributed by atoms with E-state index >= 15 is 0 Å². The molecule has 1 aromatic carbocycles. The monoisotopic (exact) mass is 315 g/mol. The molecule has 0 saturated carbocycles. The zero-order chi connectivity index (χ0) is 16.6. The van der Waals surface area contributed by atoms with Crippen LogP contribution in [0.15, 0.2) is 36.5 Å². The highest BCUT2D eigenvalue weighted by atomic mass is 19.1. The van der Waals surface area contributed by atoms with Crippen LogP contribution in [0.1, 0.15) is 10.4 Å². The molecule has 0 unspecified atom stereocenters. The standard InChI is InChI=1S/C15H11F2N5O/c16-8-2-1-3-9(17)12(8)13-7(14(18)23)6-11(21-13)10-4-5-20-15(19)22-10/h1-6,21H,(H2,18,23)(H2,19,20,22). The summed E-state index contributed by atoms with van der Waals surface area (Å²) < 4.78 is 28.0. The van der Waals surface area contributed by atoms with Crippen molar-refractivity contribution in [2.45, 2.75) is 0 Å². The molecular weight excluding hydrogens is 304 g/mol. The Kier molecular flexibility index (Phi) is 3.49. The van der Waals surface area contributed by atoms with Crippen molar-refractivity contribution in [1.82, 2.24) is 15.0 Å². The predicted octanol–water partition coefficient (Wildman–Crippen LogP) is 2.10. The van der Waals surface area contributed by atoms with Crippen LogP contribution < -0.4 is 11.5 Å². The second-order valence-electron chi connectivity index (χ2n) is 4.73. The topological polar surface area (TPSA) is 111 Å². The molecule has 0 radical (unpaired) electrons. The Balaban J connectivity index is 2.24. The lowest BCUT2D eigenvalue weighted by Gasteiger charge is -2.05. The van der Waals surface area contributed by atoms with Gasteiger partial charge in [0, 0.05) is 6.20 Å². The third-order valence-corrected chi connectivity index (χ3v) is 3.25. The van der Waals surface area contributed by atoms with Gasteiger partial charge in [0.2, 0.25) is 5.95 Å². The Morgan fingerprint density at radius 2 is 1.87 bits per heavy atom. The van der Waals surface area contributed by atoms with E-state index in [-0.39, 0.29) is 22.8 Å². The van der Waals surface area contributed by atoms with Gasteiger partial charge in [-0.05, 0) is 24.3 Å². The van der Waals surface area contributed by atoms with Gasteiger partial charge in [-0.1, -0.05) is 6.07 Å². The number of nitrogen functional groups attached to an aromatic ring is 1. The molecule has 5 N–H and O–H groups in total. The van der Waals surface area contributed by atoms with Crippen molar-refractivity contribution in [2.75, 3.05) is 5.73 Å². The van der Waals surface area contributed by atoms with Crippen molar-refractivity contribution in [3.05, 3.63) is 53.7 Å². The van der Waals surface area contributed by atoms with Crippen LogP contribution >= 0.6 is 0 Å². The average Bonchev–Trinajstić information content (AvgIpc) is 2.92. The third kappa shape index (κ3) is 2.61. The first kappa shape index (κ1) is 14.6. The number of aromatic amines is 1. The van der Waals surface area contributed by atoms with Gasteiger partial charge in [0.05, 0.1) is 28.2 Å². The third-order valence-electron chi connectivity index (χ3n) is 3.25. The maximum atomic E-state index is 14.0. The molecule has 0 saturated heterocycles. The quantitative estimate of drug-likeness (QED) is 0.687. The van der Waals surface area contributed by atoms with Crippen LogP contribution in [0, 0.1) is 11.6 Å². The molecular formula is C15H11F2N5O. The number of hydrogen-bond acceptors (Lipinski definition) is 4. The van der Waals surface area contributed by atoms with Crippen LogP contribution in [-0.2, 0) is 0 Å². The normalized spacial score (nSPS) is 10.7. The highest BCUT2D eigenvalue weighted by Crippen LogP contribution is 2.31. The molecule has 116 valence electrons. The smallest absolute Gasteiger partial charge is 0.250 e.